The Morgan fingerprint density at radius 2 is 1.83 bits per heavy atom. The summed E-state index contributed by atoms with van der Waals surface area (Å²) >= 11 is 0. The molecule has 8 nitrogen and oxygen atoms in total. The number of nitrogens with one attached hydrogen (secondary N) is 2. The molecule has 190 valence electrons. The van der Waals surface area contributed by atoms with Crippen LogP contribution in [0.2, 0.25) is 0 Å². The van der Waals surface area contributed by atoms with Gasteiger partial charge in [0.05, 0.1) is 26.0 Å². The molecular weight excluding hydrogens is 468 g/mol. The van der Waals surface area contributed by atoms with Crippen molar-refractivity contribution in [3.8, 4) is 22.8 Å². The summed E-state index contributed by atoms with van der Waals surface area (Å²) in [6.45, 7) is 2.83. The van der Waals surface area contributed by atoms with Crippen molar-refractivity contribution < 1.29 is 23.0 Å². The number of fused-ring (bicyclic) bond motifs is 1. The van der Waals surface area contributed by atoms with Gasteiger partial charge in [-0.3, -0.25) is 4.79 Å². The van der Waals surface area contributed by atoms with E-state index in [2.05, 4.69) is 15.7 Å². The Labute approximate surface area is 208 Å². The summed E-state index contributed by atoms with van der Waals surface area (Å²) in [6.07, 6.45) is -2.44. The van der Waals surface area contributed by atoms with E-state index < -0.39 is 12.5 Å². The van der Waals surface area contributed by atoms with Gasteiger partial charge < -0.3 is 25.0 Å². The number of ether oxygens (including phenoxy) is 2. The lowest BCUT2D eigenvalue weighted by Crippen LogP contribution is -2.46. The number of anilines is 1. The van der Waals surface area contributed by atoms with E-state index in [1.54, 1.807) is 50.6 Å². The lowest BCUT2D eigenvalue weighted by atomic mass is 9.97. The normalized spacial score (nSPS) is 19.5. The van der Waals surface area contributed by atoms with Crippen LogP contribution in [0.5, 0.6) is 11.5 Å². The fraction of sp³-hybridized carbons (Fsp3) is 0.385. The number of rotatable bonds is 6. The molecule has 2 aromatic carbocycles. The minimum Gasteiger partial charge on any atom is -0.493 e. The second-order valence-corrected chi connectivity index (χ2v) is 8.93. The zero-order valence-corrected chi connectivity index (χ0v) is 20.2. The highest BCUT2D eigenvalue weighted by atomic mass is 19.3. The minimum absolute atomic E-state index is 0.0422. The number of benzene rings is 2. The van der Waals surface area contributed by atoms with Crippen molar-refractivity contribution in [3.63, 3.8) is 0 Å². The molecule has 5 rings (SSSR count). The van der Waals surface area contributed by atoms with Gasteiger partial charge in [0, 0.05) is 43.4 Å². The van der Waals surface area contributed by atoms with E-state index in [1.807, 2.05) is 17.0 Å². The summed E-state index contributed by atoms with van der Waals surface area (Å²) in [5, 5.41) is 11.1. The van der Waals surface area contributed by atoms with E-state index in [0.29, 0.717) is 47.2 Å². The molecule has 0 radical (unpaired) electrons. The van der Waals surface area contributed by atoms with Gasteiger partial charge in [0.15, 0.2) is 11.5 Å². The first-order valence-electron chi connectivity index (χ1n) is 11.9. The van der Waals surface area contributed by atoms with Crippen LogP contribution >= 0.6 is 0 Å². The van der Waals surface area contributed by atoms with Crippen LogP contribution in [-0.4, -0.2) is 67.4 Å². The summed E-state index contributed by atoms with van der Waals surface area (Å²) in [5.41, 5.74) is 2.61. The molecular formula is C26H29F2N5O3. The first-order chi connectivity index (χ1) is 17.5. The van der Waals surface area contributed by atoms with E-state index in [9.17, 15) is 13.6 Å². The van der Waals surface area contributed by atoms with Gasteiger partial charge in [0.1, 0.15) is 11.9 Å². The Balaban J connectivity index is 1.44. The Morgan fingerprint density at radius 3 is 2.56 bits per heavy atom. The number of piperazine rings is 1. The number of carbonyl (C=O) groups excluding carboxylic acids is 1. The highest BCUT2D eigenvalue weighted by Gasteiger charge is 2.35. The van der Waals surface area contributed by atoms with Gasteiger partial charge in [0.2, 0.25) is 0 Å². The average Bonchev–Trinajstić information content (AvgIpc) is 3.36. The molecule has 2 aliphatic heterocycles. The van der Waals surface area contributed by atoms with Crippen molar-refractivity contribution >= 4 is 11.7 Å². The van der Waals surface area contributed by atoms with Crippen molar-refractivity contribution in [2.75, 3.05) is 45.7 Å². The summed E-state index contributed by atoms with van der Waals surface area (Å²) in [6, 6.07) is 12.9. The maximum Gasteiger partial charge on any atom is 0.260 e. The first kappa shape index (κ1) is 24.1. The second-order valence-electron chi connectivity index (χ2n) is 8.93. The maximum atomic E-state index is 14.2. The smallest absolute Gasteiger partial charge is 0.260 e. The van der Waals surface area contributed by atoms with Crippen LogP contribution in [-0.2, 0) is 0 Å². The van der Waals surface area contributed by atoms with E-state index in [-0.39, 0.29) is 18.4 Å². The van der Waals surface area contributed by atoms with Crippen molar-refractivity contribution in [2.45, 2.75) is 24.9 Å². The van der Waals surface area contributed by atoms with Crippen molar-refractivity contribution in [3.05, 3.63) is 59.7 Å². The first-order valence-corrected chi connectivity index (χ1v) is 11.9. The minimum atomic E-state index is -2.60. The quantitative estimate of drug-likeness (QED) is 0.537. The van der Waals surface area contributed by atoms with Gasteiger partial charge in [0.25, 0.3) is 12.3 Å². The summed E-state index contributed by atoms with van der Waals surface area (Å²) in [5.74, 6) is 1.57. The van der Waals surface area contributed by atoms with E-state index in [1.165, 1.54) is 4.68 Å². The monoisotopic (exact) mass is 497 g/mol. The maximum absolute atomic E-state index is 14.2. The Kier molecular flexibility index (Phi) is 6.77. The molecule has 1 saturated heterocycles. The van der Waals surface area contributed by atoms with Crippen LogP contribution in [0.4, 0.5) is 14.6 Å². The van der Waals surface area contributed by atoms with Gasteiger partial charge in [-0.15, -0.1) is 0 Å². The van der Waals surface area contributed by atoms with E-state index in [4.69, 9.17) is 9.47 Å². The summed E-state index contributed by atoms with van der Waals surface area (Å²) < 4.78 is 40.4. The molecule has 1 amide bonds. The number of hydrogen-bond donors (Lipinski definition) is 2. The lowest BCUT2D eigenvalue weighted by molar-refractivity contribution is 0.0659. The standard InChI is InChI=1S/C26H29F2N5O3/c1-35-22-7-6-17(13-23(22)36-2)19-14-21(25(27)28)33-24(30-19)15-20(31-33)16-4-3-5-18(12-16)26(34)32-10-8-29-9-11-32/h3-7,12-13,15,19,21,25,29-30H,8-11,14H2,1-2H3. The number of alkyl halides is 2. The zero-order chi connectivity index (χ0) is 25.2. The van der Waals surface area contributed by atoms with E-state index >= 15 is 0 Å². The Hall–Kier alpha value is -3.66. The number of halogens is 2. The van der Waals surface area contributed by atoms with Gasteiger partial charge in [-0.25, -0.2) is 13.5 Å². The predicted octanol–water partition coefficient (Wildman–Crippen LogP) is 3.98. The Morgan fingerprint density at radius 1 is 1.06 bits per heavy atom. The van der Waals surface area contributed by atoms with Crippen LogP contribution in [0.3, 0.4) is 0 Å². The largest absolute Gasteiger partial charge is 0.493 e. The molecule has 1 aromatic heterocycles. The molecule has 2 aliphatic rings. The number of aromatic nitrogens is 2. The third-order valence-electron chi connectivity index (χ3n) is 6.76. The van der Waals surface area contributed by atoms with Crippen molar-refractivity contribution in [1.82, 2.24) is 20.0 Å². The van der Waals surface area contributed by atoms with E-state index in [0.717, 1.165) is 18.7 Å². The van der Waals surface area contributed by atoms with Crippen LogP contribution in [0, 0.1) is 0 Å². The van der Waals surface area contributed by atoms with Crippen LogP contribution in [0.1, 0.15) is 34.4 Å². The highest BCUT2D eigenvalue weighted by Crippen LogP contribution is 2.41. The van der Waals surface area contributed by atoms with Crippen LogP contribution in [0.15, 0.2) is 48.5 Å². The number of nitrogens with zero attached hydrogens (tertiary/aromatic N) is 3. The fourth-order valence-electron chi connectivity index (χ4n) is 4.84. The van der Waals surface area contributed by atoms with Crippen molar-refractivity contribution in [2.24, 2.45) is 0 Å². The molecule has 0 bridgehead atoms. The number of methoxy groups -OCH3 is 2. The molecule has 3 aromatic rings. The van der Waals surface area contributed by atoms with Crippen LogP contribution in [0.25, 0.3) is 11.3 Å². The average molecular weight is 498 g/mol. The molecule has 3 heterocycles. The highest BCUT2D eigenvalue weighted by molar-refractivity contribution is 5.95. The lowest BCUT2D eigenvalue weighted by Gasteiger charge is -2.32. The molecule has 10 heteroatoms. The summed E-state index contributed by atoms with van der Waals surface area (Å²) in [7, 11) is 3.09. The van der Waals surface area contributed by atoms with Crippen molar-refractivity contribution in [1.29, 1.82) is 0 Å². The Bertz CT molecular complexity index is 1240. The molecule has 2 N–H and O–H groups in total. The number of amides is 1. The molecule has 2 unspecified atom stereocenters. The molecule has 0 spiro atoms. The topological polar surface area (TPSA) is 80.7 Å². The SMILES string of the molecule is COc1ccc(C2CC(C(F)F)n3nc(-c4cccc(C(=O)N5CCNCC5)c4)cc3N2)cc1OC. The third kappa shape index (κ3) is 4.60. The number of carbonyl (C=O) groups is 1. The molecule has 0 saturated carbocycles. The fourth-order valence-corrected chi connectivity index (χ4v) is 4.84. The summed E-state index contributed by atoms with van der Waals surface area (Å²) in [4.78, 5) is 14.8. The number of hydrogen-bond acceptors (Lipinski definition) is 6. The van der Waals surface area contributed by atoms with Gasteiger partial charge in [-0.2, -0.15) is 5.10 Å². The predicted molar refractivity (Wildman–Crippen MR) is 132 cm³/mol. The molecule has 36 heavy (non-hydrogen) atoms. The molecule has 2 atom stereocenters. The molecule has 1 fully saturated rings. The molecule has 0 aliphatic carbocycles. The van der Waals surface area contributed by atoms with Gasteiger partial charge >= 0.3 is 0 Å². The van der Waals surface area contributed by atoms with Gasteiger partial charge in [-0.1, -0.05) is 18.2 Å². The van der Waals surface area contributed by atoms with Crippen LogP contribution < -0.4 is 20.1 Å². The third-order valence-corrected chi connectivity index (χ3v) is 6.76. The van der Waals surface area contributed by atoms with Gasteiger partial charge in [-0.05, 0) is 36.2 Å². The second kappa shape index (κ2) is 10.1. The zero-order valence-electron chi connectivity index (χ0n) is 20.2.